The zero-order valence-electron chi connectivity index (χ0n) is 12.3. The molecule has 0 atom stereocenters. The fraction of sp³-hybridized carbons (Fsp3) is 0.353. The monoisotopic (exact) mass is 287 g/mol. The summed E-state index contributed by atoms with van der Waals surface area (Å²) >= 11 is 1.53. The number of amides is 1. The van der Waals surface area contributed by atoms with Crippen molar-refractivity contribution in [2.45, 2.75) is 26.7 Å². The molecule has 0 aliphatic heterocycles. The van der Waals surface area contributed by atoms with Crippen molar-refractivity contribution in [3.05, 3.63) is 46.2 Å². The normalized spacial score (nSPS) is 10.6. The Balaban J connectivity index is 2.24. The Bertz CT molecular complexity index is 571. The largest absolute Gasteiger partial charge is 0.341 e. The van der Waals surface area contributed by atoms with Gasteiger partial charge >= 0.3 is 0 Å². The van der Waals surface area contributed by atoms with Gasteiger partial charge in [-0.25, -0.2) is 0 Å². The standard InChI is InChI=1S/C17H21NOS/c1-4-5-11-18(3)17(19)16-15(10-12-20-16)14-8-6-13(2)7-9-14/h6-10,12H,4-5,11H2,1-3H3. The molecule has 0 spiro atoms. The Morgan fingerprint density at radius 1 is 1.20 bits per heavy atom. The summed E-state index contributed by atoms with van der Waals surface area (Å²) in [4.78, 5) is 15.2. The molecule has 0 aliphatic carbocycles. The average molecular weight is 287 g/mol. The minimum atomic E-state index is 0.129. The quantitative estimate of drug-likeness (QED) is 0.787. The lowest BCUT2D eigenvalue weighted by Crippen LogP contribution is -2.27. The summed E-state index contributed by atoms with van der Waals surface area (Å²) in [6.07, 6.45) is 2.15. The number of nitrogens with zero attached hydrogens (tertiary/aromatic N) is 1. The highest BCUT2D eigenvalue weighted by Gasteiger charge is 2.17. The molecule has 2 nitrogen and oxygen atoms in total. The van der Waals surface area contributed by atoms with Gasteiger partial charge in [0.2, 0.25) is 0 Å². The van der Waals surface area contributed by atoms with E-state index < -0.39 is 0 Å². The van der Waals surface area contributed by atoms with Crippen LogP contribution in [0.2, 0.25) is 0 Å². The maximum Gasteiger partial charge on any atom is 0.264 e. The van der Waals surface area contributed by atoms with Crippen LogP contribution < -0.4 is 0 Å². The van der Waals surface area contributed by atoms with Gasteiger partial charge in [-0.05, 0) is 30.4 Å². The van der Waals surface area contributed by atoms with Crippen molar-refractivity contribution in [3.8, 4) is 11.1 Å². The van der Waals surface area contributed by atoms with Crippen molar-refractivity contribution >= 4 is 17.2 Å². The fourth-order valence-corrected chi connectivity index (χ4v) is 3.02. The van der Waals surface area contributed by atoms with Gasteiger partial charge < -0.3 is 4.90 Å². The van der Waals surface area contributed by atoms with Gasteiger partial charge in [-0.2, -0.15) is 0 Å². The minimum absolute atomic E-state index is 0.129. The van der Waals surface area contributed by atoms with Crippen LogP contribution in [0.4, 0.5) is 0 Å². The number of thiophene rings is 1. The zero-order chi connectivity index (χ0) is 14.5. The van der Waals surface area contributed by atoms with Gasteiger partial charge in [0, 0.05) is 19.2 Å². The van der Waals surface area contributed by atoms with Crippen molar-refractivity contribution in [1.82, 2.24) is 4.90 Å². The molecule has 2 rings (SSSR count). The molecule has 2 aromatic rings. The van der Waals surface area contributed by atoms with E-state index >= 15 is 0 Å². The van der Waals surface area contributed by atoms with E-state index in [2.05, 4.69) is 38.1 Å². The maximum atomic E-state index is 12.5. The molecular formula is C17H21NOS. The number of aryl methyl sites for hydroxylation is 1. The smallest absolute Gasteiger partial charge is 0.264 e. The van der Waals surface area contributed by atoms with Gasteiger partial charge in [0.1, 0.15) is 0 Å². The van der Waals surface area contributed by atoms with Crippen LogP contribution in [0.25, 0.3) is 11.1 Å². The summed E-state index contributed by atoms with van der Waals surface area (Å²) in [6, 6.07) is 10.4. The molecular weight excluding hydrogens is 266 g/mol. The summed E-state index contributed by atoms with van der Waals surface area (Å²) < 4.78 is 0. The van der Waals surface area contributed by atoms with E-state index in [1.807, 2.05) is 23.4 Å². The number of hydrogen-bond donors (Lipinski definition) is 0. The van der Waals surface area contributed by atoms with Crippen molar-refractivity contribution < 1.29 is 4.79 Å². The number of hydrogen-bond acceptors (Lipinski definition) is 2. The van der Waals surface area contributed by atoms with E-state index in [-0.39, 0.29) is 5.91 Å². The first-order chi connectivity index (χ1) is 9.63. The van der Waals surface area contributed by atoms with E-state index in [9.17, 15) is 4.79 Å². The highest BCUT2D eigenvalue weighted by Crippen LogP contribution is 2.29. The molecule has 20 heavy (non-hydrogen) atoms. The molecule has 0 fully saturated rings. The summed E-state index contributed by atoms with van der Waals surface area (Å²) in [5, 5.41) is 2.00. The first kappa shape index (κ1) is 14.8. The molecule has 0 saturated heterocycles. The predicted octanol–water partition coefficient (Wildman–Crippen LogP) is 4.60. The van der Waals surface area contributed by atoms with Crippen LogP contribution in [0, 0.1) is 6.92 Å². The topological polar surface area (TPSA) is 20.3 Å². The lowest BCUT2D eigenvalue weighted by atomic mass is 10.0. The van der Waals surface area contributed by atoms with Crippen LogP contribution in [0.5, 0.6) is 0 Å². The second kappa shape index (κ2) is 6.71. The van der Waals surface area contributed by atoms with E-state index in [1.165, 1.54) is 16.9 Å². The molecule has 3 heteroatoms. The Hall–Kier alpha value is -1.61. The Morgan fingerprint density at radius 2 is 1.90 bits per heavy atom. The van der Waals surface area contributed by atoms with E-state index in [1.54, 1.807) is 0 Å². The first-order valence-corrected chi connectivity index (χ1v) is 7.91. The molecule has 0 radical (unpaired) electrons. The summed E-state index contributed by atoms with van der Waals surface area (Å²) in [5.74, 6) is 0.129. The summed E-state index contributed by atoms with van der Waals surface area (Å²) in [5.41, 5.74) is 3.39. The van der Waals surface area contributed by atoms with Crippen molar-refractivity contribution in [2.75, 3.05) is 13.6 Å². The third-order valence-corrected chi connectivity index (χ3v) is 4.32. The number of rotatable bonds is 5. The van der Waals surface area contributed by atoms with Gasteiger partial charge in [-0.1, -0.05) is 43.2 Å². The summed E-state index contributed by atoms with van der Waals surface area (Å²) in [6.45, 7) is 5.03. The second-order valence-corrected chi connectivity index (χ2v) is 6.03. The lowest BCUT2D eigenvalue weighted by molar-refractivity contribution is 0.0798. The molecule has 106 valence electrons. The molecule has 1 aromatic heterocycles. The molecule has 0 unspecified atom stereocenters. The average Bonchev–Trinajstić information content (AvgIpc) is 2.94. The second-order valence-electron chi connectivity index (χ2n) is 5.11. The first-order valence-electron chi connectivity index (χ1n) is 7.03. The van der Waals surface area contributed by atoms with Crippen molar-refractivity contribution in [3.63, 3.8) is 0 Å². The number of carbonyl (C=O) groups excluding carboxylic acids is 1. The maximum absolute atomic E-state index is 12.5. The molecule has 0 N–H and O–H groups in total. The molecule has 0 bridgehead atoms. The van der Waals surface area contributed by atoms with Gasteiger partial charge in [-0.15, -0.1) is 11.3 Å². The van der Waals surface area contributed by atoms with Gasteiger partial charge in [0.05, 0.1) is 4.88 Å². The molecule has 1 amide bonds. The third kappa shape index (κ3) is 3.28. The Labute approximate surface area is 125 Å². The third-order valence-electron chi connectivity index (χ3n) is 3.42. The van der Waals surface area contributed by atoms with Crippen LogP contribution in [0.3, 0.4) is 0 Å². The SMILES string of the molecule is CCCCN(C)C(=O)c1sccc1-c1ccc(C)cc1. The Morgan fingerprint density at radius 3 is 2.55 bits per heavy atom. The van der Waals surface area contributed by atoms with E-state index in [0.717, 1.165) is 35.4 Å². The van der Waals surface area contributed by atoms with Crippen LogP contribution in [0.15, 0.2) is 35.7 Å². The van der Waals surface area contributed by atoms with Gasteiger partial charge in [-0.3, -0.25) is 4.79 Å². The van der Waals surface area contributed by atoms with Crippen molar-refractivity contribution in [1.29, 1.82) is 0 Å². The summed E-state index contributed by atoms with van der Waals surface area (Å²) in [7, 11) is 1.89. The number of benzene rings is 1. The molecule has 0 saturated carbocycles. The zero-order valence-corrected chi connectivity index (χ0v) is 13.2. The van der Waals surface area contributed by atoms with E-state index in [4.69, 9.17) is 0 Å². The van der Waals surface area contributed by atoms with Crippen LogP contribution >= 0.6 is 11.3 Å². The fourth-order valence-electron chi connectivity index (χ4n) is 2.11. The number of carbonyl (C=O) groups is 1. The van der Waals surface area contributed by atoms with Crippen LogP contribution in [0.1, 0.15) is 35.0 Å². The van der Waals surface area contributed by atoms with Crippen LogP contribution in [-0.2, 0) is 0 Å². The number of unbranched alkanes of at least 4 members (excludes halogenated alkanes) is 1. The highest BCUT2D eigenvalue weighted by molar-refractivity contribution is 7.12. The molecule has 1 aromatic carbocycles. The minimum Gasteiger partial charge on any atom is -0.341 e. The van der Waals surface area contributed by atoms with Crippen LogP contribution in [-0.4, -0.2) is 24.4 Å². The lowest BCUT2D eigenvalue weighted by Gasteiger charge is -2.16. The predicted molar refractivity (Wildman–Crippen MR) is 86.4 cm³/mol. The Kier molecular flexibility index (Phi) is 4.96. The van der Waals surface area contributed by atoms with Crippen molar-refractivity contribution in [2.24, 2.45) is 0 Å². The van der Waals surface area contributed by atoms with E-state index in [0.29, 0.717) is 0 Å². The molecule has 0 aliphatic rings. The highest BCUT2D eigenvalue weighted by atomic mass is 32.1. The van der Waals surface area contributed by atoms with Gasteiger partial charge in [0.15, 0.2) is 0 Å². The molecule has 1 heterocycles. The van der Waals surface area contributed by atoms with Gasteiger partial charge in [0.25, 0.3) is 5.91 Å².